The van der Waals surface area contributed by atoms with Crippen LogP contribution in [0.3, 0.4) is 0 Å². The van der Waals surface area contributed by atoms with Crippen LogP contribution in [0.2, 0.25) is 0 Å². The van der Waals surface area contributed by atoms with Gasteiger partial charge in [0.2, 0.25) is 0 Å². The summed E-state index contributed by atoms with van der Waals surface area (Å²) in [4.78, 5) is 15.6. The van der Waals surface area contributed by atoms with Crippen LogP contribution in [0.4, 0.5) is 0 Å². The van der Waals surface area contributed by atoms with Crippen molar-refractivity contribution < 1.29 is 0 Å². The van der Waals surface area contributed by atoms with Crippen LogP contribution in [-0.4, -0.2) is 26.4 Å². The summed E-state index contributed by atoms with van der Waals surface area (Å²) in [6.45, 7) is 7.52. The van der Waals surface area contributed by atoms with Crippen LogP contribution in [0.15, 0.2) is 79.1 Å². The zero-order valence-corrected chi connectivity index (χ0v) is 17.0. The number of benzene rings is 1. The minimum Gasteiger partial charge on any atom is -0.341 e. The highest BCUT2D eigenvalue weighted by atomic mass is 15.2. The highest BCUT2D eigenvalue weighted by Gasteiger charge is 2.28. The summed E-state index contributed by atoms with van der Waals surface area (Å²) < 4.78 is 0. The van der Waals surface area contributed by atoms with Gasteiger partial charge in [-0.1, -0.05) is 49.1 Å². The molecule has 4 heteroatoms. The molecule has 2 heterocycles. The van der Waals surface area contributed by atoms with Crippen LogP contribution >= 0.6 is 0 Å². The third-order valence-corrected chi connectivity index (χ3v) is 5.50. The standard InChI is InChI=1S/C25H28N4/c1-3-9-19(10-4-2)17-29(18-24-27-21-13-5-6-14-22(21)28-24)23-15-7-11-20-12-8-16-26-25(20)23/h3-6,8-10,12-14,16,23H,1,7,11,15,17-18H2,2H3,(H,27,28)/b10-4-,19-9+. The van der Waals surface area contributed by atoms with Crippen LogP contribution in [0.5, 0.6) is 0 Å². The van der Waals surface area contributed by atoms with Gasteiger partial charge in [0.15, 0.2) is 0 Å². The number of H-pyrrole nitrogens is 1. The summed E-state index contributed by atoms with van der Waals surface area (Å²) in [5, 5.41) is 0. The molecule has 1 aliphatic carbocycles. The fourth-order valence-electron chi connectivity index (χ4n) is 4.25. The number of aromatic nitrogens is 3. The largest absolute Gasteiger partial charge is 0.341 e. The van der Waals surface area contributed by atoms with E-state index < -0.39 is 0 Å². The molecule has 4 nitrogen and oxygen atoms in total. The van der Waals surface area contributed by atoms with Gasteiger partial charge >= 0.3 is 0 Å². The van der Waals surface area contributed by atoms with Crippen LogP contribution in [0, 0.1) is 0 Å². The highest BCUT2D eigenvalue weighted by Crippen LogP contribution is 2.34. The smallest absolute Gasteiger partial charge is 0.121 e. The third-order valence-electron chi connectivity index (χ3n) is 5.50. The SMILES string of the molecule is C=C/C=C(\C=C/C)CN(Cc1nc2ccccc2[nH]1)C1CCCc2cccnc21. The Balaban J connectivity index is 1.69. The van der Waals surface area contributed by atoms with Crippen molar-refractivity contribution in [3.63, 3.8) is 0 Å². The average Bonchev–Trinajstić information content (AvgIpc) is 3.15. The number of hydrogen-bond donors (Lipinski definition) is 1. The molecule has 1 aromatic carbocycles. The maximum atomic E-state index is 4.83. The van der Waals surface area contributed by atoms with E-state index in [-0.39, 0.29) is 6.04 Å². The maximum absolute atomic E-state index is 4.83. The van der Waals surface area contributed by atoms with Crippen molar-refractivity contribution in [2.75, 3.05) is 6.54 Å². The fraction of sp³-hybridized carbons (Fsp3) is 0.280. The predicted molar refractivity (Wildman–Crippen MR) is 120 cm³/mol. The highest BCUT2D eigenvalue weighted by molar-refractivity contribution is 5.74. The molecule has 1 N–H and O–H groups in total. The molecule has 0 spiro atoms. The fourth-order valence-corrected chi connectivity index (χ4v) is 4.25. The second-order valence-electron chi connectivity index (χ2n) is 7.54. The van der Waals surface area contributed by atoms with Crippen LogP contribution < -0.4 is 0 Å². The topological polar surface area (TPSA) is 44.8 Å². The first-order chi connectivity index (χ1) is 14.3. The molecule has 4 rings (SSSR count). The minimum absolute atomic E-state index is 0.284. The van der Waals surface area contributed by atoms with Crippen molar-refractivity contribution >= 4 is 11.0 Å². The molecule has 148 valence electrons. The molecule has 0 saturated heterocycles. The Hall–Kier alpha value is -2.98. The van der Waals surface area contributed by atoms with Crippen molar-refractivity contribution in [1.82, 2.24) is 19.9 Å². The molecule has 0 fully saturated rings. The Kier molecular flexibility index (Phi) is 6.01. The van der Waals surface area contributed by atoms with E-state index in [1.165, 1.54) is 23.3 Å². The van der Waals surface area contributed by atoms with Crippen molar-refractivity contribution in [2.45, 2.75) is 38.8 Å². The first kappa shape index (κ1) is 19.3. The number of rotatable bonds is 7. The van der Waals surface area contributed by atoms with E-state index >= 15 is 0 Å². The van der Waals surface area contributed by atoms with Gasteiger partial charge in [-0.25, -0.2) is 4.98 Å². The second-order valence-corrected chi connectivity index (χ2v) is 7.54. The Bertz CT molecular complexity index is 1010. The lowest BCUT2D eigenvalue weighted by Gasteiger charge is -2.34. The minimum atomic E-state index is 0.284. The first-order valence-corrected chi connectivity index (χ1v) is 10.3. The summed E-state index contributed by atoms with van der Waals surface area (Å²) in [6.07, 6.45) is 13.5. The normalized spacial score (nSPS) is 17.2. The quantitative estimate of drug-likeness (QED) is 0.545. The molecule has 2 aromatic heterocycles. The van der Waals surface area contributed by atoms with Gasteiger partial charge in [0, 0.05) is 12.7 Å². The Morgan fingerprint density at radius 1 is 1.28 bits per heavy atom. The van der Waals surface area contributed by atoms with Gasteiger partial charge in [0.25, 0.3) is 0 Å². The lowest BCUT2D eigenvalue weighted by atomic mass is 9.90. The van der Waals surface area contributed by atoms with Gasteiger partial charge in [-0.05, 0) is 55.5 Å². The Morgan fingerprint density at radius 2 is 2.17 bits per heavy atom. The monoisotopic (exact) mass is 384 g/mol. The number of pyridine rings is 1. The van der Waals surface area contributed by atoms with Crippen LogP contribution in [-0.2, 0) is 13.0 Å². The van der Waals surface area contributed by atoms with Crippen molar-refractivity contribution in [3.05, 3.63) is 96.1 Å². The molecular formula is C25H28N4. The lowest BCUT2D eigenvalue weighted by Crippen LogP contribution is -2.33. The molecule has 0 bridgehead atoms. The molecule has 29 heavy (non-hydrogen) atoms. The van der Waals surface area contributed by atoms with E-state index in [4.69, 9.17) is 9.97 Å². The number of nitrogens with one attached hydrogen (secondary N) is 1. The van der Waals surface area contributed by atoms with Gasteiger partial charge < -0.3 is 4.98 Å². The summed E-state index contributed by atoms with van der Waals surface area (Å²) in [7, 11) is 0. The zero-order chi connectivity index (χ0) is 20.1. The summed E-state index contributed by atoms with van der Waals surface area (Å²) in [5.41, 5.74) is 5.92. The van der Waals surface area contributed by atoms with Gasteiger partial charge in [-0.15, -0.1) is 0 Å². The molecule has 0 amide bonds. The number of nitrogens with zero attached hydrogens (tertiary/aromatic N) is 3. The summed E-state index contributed by atoms with van der Waals surface area (Å²) >= 11 is 0. The zero-order valence-electron chi connectivity index (χ0n) is 17.0. The van der Waals surface area contributed by atoms with Crippen molar-refractivity contribution in [1.29, 1.82) is 0 Å². The van der Waals surface area contributed by atoms with E-state index in [1.54, 1.807) is 0 Å². The molecule has 1 aliphatic rings. The third kappa shape index (κ3) is 4.38. The van der Waals surface area contributed by atoms with E-state index in [0.29, 0.717) is 0 Å². The van der Waals surface area contributed by atoms with E-state index in [9.17, 15) is 0 Å². The summed E-state index contributed by atoms with van der Waals surface area (Å²) in [6, 6.07) is 12.8. The number of imidazole rings is 1. The number of aryl methyl sites for hydroxylation is 1. The predicted octanol–water partition coefficient (Wildman–Crippen LogP) is 5.53. The number of hydrogen-bond acceptors (Lipinski definition) is 3. The van der Waals surface area contributed by atoms with Crippen molar-refractivity contribution in [3.8, 4) is 0 Å². The van der Waals surface area contributed by atoms with Crippen LogP contribution in [0.25, 0.3) is 11.0 Å². The molecule has 1 unspecified atom stereocenters. The van der Waals surface area contributed by atoms with Gasteiger partial charge in [0.1, 0.15) is 5.82 Å². The summed E-state index contributed by atoms with van der Waals surface area (Å²) in [5.74, 6) is 0.993. The molecule has 1 atom stereocenters. The number of allylic oxidation sites excluding steroid dienone is 3. The molecular weight excluding hydrogens is 356 g/mol. The average molecular weight is 385 g/mol. The second kappa shape index (κ2) is 9.01. The van der Waals surface area contributed by atoms with Gasteiger partial charge in [-0.2, -0.15) is 0 Å². The molecule has 0 saturated carbocycles. The first-order valence-electron chi connectivity index (χ1n) is 10.3. The lowest BCUT2D eigenvalue weighted by molar-refractivity contribution is 0.178. The van der Waals surface area contributed by atoms with E-state index in [1.807, 2.05) is 30.5 Å². The Morgan fingerprint density at radius 3 is 3.00 bits per heavy atom. The number of para-hydroxylation sites is 2. The van der Waals surface area contributed by atoms with Gasteiger partial charge in [-0.3, -0.25) is 9.88 Å². The Labute approximate surface area is 172 Å². The van der Waals surface area contributed by atoms with Crippen LogP contribution in [0.1, 0.15) is 42.9 Å². The molecule has 3 aromatic rings. The number of fused-ring (bicyclic) bond motifs is 2. The van der Waals surface area contributed by atoms with Crippen molar-refractivity contribution in [2.24, 2.45) is 0 Å². The van der Waals surface area contributed by atoms with E-state index in [0.717, 1.165) is 42.8 Å². The maximum Gasteiger partial charge on any atom is 0.121 e. The van der Waals surface area contributed by atoms with E-state index in [2.05, 4.69) is 59.8 Å². The van der Waals surface area contributed by atoms with Gasteiger partial charge in [0.05, 0.1) is 29.3 Å². The number of aromatic amines is 1. The molecule has 0 aliphatic heterocycles. The molecule has 0 radical (unpaired) electrons.